The van der Waals surface area contributed by atoms with Crippen LogP contribution in [-0.2, 0) is 9.47 Å². The maximum absolute atomic E-state index is 6.30. The van der Waals surface area contributed by atoms with Gasteiger partial charge in [0.1, 0.15) is 0 Å². The standard InChI is InChI=1S/C16H34N2O2/c1-14(12-20-5)18(10-11-19-4)16(13-17)9-7-6-8-15(16,2)3/h14H,6-13,17H2,1-5H3. The summed E-state index contributed by atoms with van der Waals surface area (Å²) in [6.45, 7) is 10.1. The van der Waals surface area contributed by atoms with E-state index in [9.17, 15) is 0 Å². The number of hydrogen-bond acceptors (Lipinski definition) is 4. The summed E-state index contributed by atoms with van der Waals surface area (Å²) in [4.78, 5) is 2.55. The van der Waals surface area contributed by atoms with Crippen molar-refractivity contribution in [2.75, 3.05) is 40.5 Å². The highest BCUT2D eigenvalue weighted by atomic mass is 16.5. The molecule has 1 rings (SSSR count). The Balaban J connectivity index is 3.04. The monoisotopic (exact) mass is 286 g/mol. The summed E-state index contributed by atoms with van der Waals surface area (Å²) in [6.07, 6.45) is 5.00. The minimum Gasteiger partial charge on any atom is -0.383 e. The summed E-state index contributed by atoms with van der Waals surface area (Å²) >= 11 is 0. The molecule has 1 fully saturated rings. The molecule has 0 radical (unpaired) electrons. The first kappa shape index (κ1) is 17.9. The van der Waals surface area contributed by atoms with Crippen molar-refractivity contribution in [3.8, 4) is 0 Å². The van der Waals surface area contributed by atoms with Crippen LogP contribution in [0.5, 0.6) is 0 Å². The van der Waals surface area contributed by atoms with Crippen molar-refractivity contribution >= 4 is 0 Å². The van der Waals surface area contributed by atoms with E-state index in [1.165, 1.54) is 25.7 Å². The molecule has 1 aliphatic carbocycles. The van der Waals surface area contributed by atoms with E-state index < -0.39 is 0 Å². The molecule has 4 heteroatoms. The van der Waals surface area contributed by atoms with Gasteiger partial charge in [-0.1, -0.05) is 26.7 Å². The molecule has 4 nitrogen and oxygen atoms in total. The molecule has 20 heavy (non-hydrogen) atoms. The zero-order valence-corrected chi connectivity index (χ0v) is 14.1. The third kappa shape index (κ3) is 3.53. The van der Waals surface area contributed by atoms with Crippen molar-refractivity contribution in [3.63, 3.8) is 0 Å². The normalized spacial score (nSPS) is 27.8. The third-order valence-electron chi connectivity index (χ3n) is 5.27. The van der Waals surface area contributed by atoms with Crippen LogP contribution in [0.2, 0.25) is 0 Å². The second-order valence-corrected chi connectivity index (χ2v) is 6.82. The summed E-state index contributed by atoms with van der Waals surface area (Å²) in [6, 6.07) is 0.357. The smallest absolute Gasteiger partial charge is 0.0615 e. The van der Waals surface area contributed by atoms with E-state index in [0.717, 1.165) is 19.8 Å². The van der Waals surface area contributed by atoms with Gasteiger partial charge in [-0.15, -0.1) is 0 Å². The van der Waals surface area contributed by atoms with Gasteiger partial charge in [0.2, 0.25) is 0 Å². The number of nitrogens with zero attached hydrogens (tertiary/aromatic N) is 1. The molecule has 0 heterocycles. The molecule has 1 saturated carbocycles. The Bertz CT molecular complexity index is 284. The van der Waals surface area contributed by atoms with Crippen LogP contribution in [0, 0.1) is 5.41 Å². The van der Waals surface area contributed by atoms with Crippen molar-refractivity contribution < 1.29 is 9.47 Å². The summed E-state index contributed by atoms with van der Waals surface area (Å²) in [5.74, 6) is 0. The molecule has 0 aliphatic heterocycles. The molecule has 2 unspecified atom stereocenters. The first-order chi connectivity index (χ1) is 9.45. The van der Waals surface area contributed by atoms with Crippen LogP contribution >= 0.6 is 0 Å². The fraction of sp³-hybridized carbons (Fsp3) is 1.00. The maximum atomic E-state index is 6.30. The Morgan fingerprint density at radius 3 is 2.30 bits per heavy atom. The molecular formula is C16H34N2O2. The van der Waals surface area contributed by atoms with E-state index in [1.54, 1.807) is 14.2 Å². The molecule has 0 amide bonds. The van der Waals surface area contributed by atoms with Crippen LogP contribution in [-0.4, -0.2) is 57.0 Å². The molecule has 0 aromatic rings. The van der Waals surface area contributed by atoms with Gasteiger partial charge >= 0.3 is 0 Å². The highest BCUT2D eigenvalue weighted by molar-refractivity contribution is 5.06. The van der Waals surface area contributed by atoms with E-state index >= 15 is 0 Å². The molecule has 0 aromatic heterocycles. The van der Waals surface area contributed by atoms with E-state index in [2.05, 4.69) is 25.7 Å². The average molecular weight is 286 g/mol. The summed E-state index contributed by atoms with van der Waals surface area (Å²) in [5.41, 5.74) is 6.59. The number of nitrogens with two attached hydrogens (primary N) is 1. The predicted octanol–water partition coefficient (Wildman–Crippen LogP) is 2.27. The molecular weight excluding hydrogens is 252 g/mol. The summed E-state index contributed by atoms with van der Waals surface area (Å²) in [7, 11) is 3.53. The second-order valence-electron chi connectivity index (χ2n) is 6.82. The van der Waals surface area contributed by atoms with Gasteiger partial charge in [0.25, 0.3) is 0 Å². The van der Waals surface area contributed by atoms with Crippen LogP contribution in [0.4, 0.5) is 0 Å². The Morgan fingerprint density at radius 2 is 1.80 bits per heavy atom. The molecule has 120 valence electrons. The minimum absolute atomic E-state index is 0.0573. The molecule has 1 aliphatic rings. The summed E-state index contributed by atoms with van der Waals surface area (Å²) < 4.78 is 10.7. The fourth-order valence-electron chi connectivity index (χ4n) is 3.96. The van der Waals surface area contributed by atoms with Crippen molar-refractivity contribution in [3.05, 3.63) is 0 Å². The first-order valence-corrected chi connectivity index (χ1v) is 7.90. The van der Waals surface area contributed by atoms with Crippen LogP contribution in [0.1, 0.15) is 46.5 Å². The zero-order valence-electron chi connectivity index (χ0n) is 14.1. The quantitative estimate of drug-likeness (QED) is 0.743. The molecule has 0 saturated heterocycles. The van der Waals surface area contributed by atoms with Gasteiger partial charge in [-0.05, 0) is 25.2 Å². The SMILES string of the molecule is COCCN(C(C)COC)C1(CN)CCCCC1(C)C. The van der Waals surface area contributed by atoms with E-state index in [1.807, 2.05) is 0 Å². The number of methoxy groups -OCH3 is 2. The Labute approximate surface area is 125 Å². The molecule has 0 bridgehead atoms. The van der Waals surface area contributed by atoms with Crippen LogP contribution < -0.4 is 5.73 Å². The van der Waals surface area contributed by atoms with Crippen LogP contribution in [0.25, 0.3) is 0 Å². The second kappa shape index (κ2) is 7.74. The highest BCUT2D eigenvalue weighted by Crippen LogP contribution is 2.47. The molecule has 0 spiro atoms. The lowest BCUT2D eigenvalue weighted by Gasteiger charge is -2.57. The third-order valence-corrected chi connectivity index (χ3v) is 5.27. The van der Waals surface area contributed by atoms with Gasteiger partial charge in [-0.25, -0.2) is 0 Å². The molecule has 2 N–H and O–H groups in total. The fourth-order valence-corrected chi connectivity index (χ4v) is 3.96. The van der Waals surface area contributed by atoms with Crippen LogP contribution in [0.3, 0.4) is 0 Å². The number of hydrogen-bond donors (Lipinski definition) is 1. The lowest BCUT2D eigenvalue weighted by atomic mass is 9.61. The van der Waals surface area contributed by atoms with Gasteiger partial charge in [0, 0.05) is 38.9 Å². The summed E-state index contributed by atoms with van der Waals surface area (Å²) in [5, 5.41) is 0. The van der Waals surface area contributed by atoms with Gasteiger partial charge in [0.05, 0.1) is 13.2 Å². The van der Waals surface area contributed by atoms with Crippen molar-refractivity contribution in [1.29, 1.82) is 0 Å². The van der Waals surface area contributed by atoms with Gasteiger partial charge in [-0.3, -0.25) is 4.90 Å². The van der Waals surface area contributed by atoms with Crippen molar-refractivity contribution in [2.24, 2.45) is 11.1 Å². The van der Waals surface area contributed by atoms with Crippen LogP contribution in [0.15, 0.2) is 0 Å². The number of ether oxygens (including phenoxy) is 2. The zero-order chi connectivity index (χ0) is 15.2. The van der Waals surface area contributed by atoms with Crippen molar-refractivity contribution in [2.45, 2.75) is 58.0 Å². The van der Waals surface area contributed by atoms with E-state index in [0.29, 0.717) is 12.6 Å². The van der Waals surface area contributed by atoms with E-state index in [-0.39, 0.29) is 11.0 Å². The van der Waals surface area contributed by atoms with E-state index in [4.69, 9.17) is 15.2 Å². The molecule has 0 aromatic carbocycles. The Hall–Kier alpha value is -0.160. The minimum atomic E-state index is 0.0573. The highest BCUT2D eigenvalue weighted by Gasteiger charge is 2.50. The Kier molecular flexibility index (Phi) is 6.92. The van der Waals surface area contributed by atoms with Crippen molar-refractivity contribution in [1.82, 2.24) is 4.90 Å². The van der Waals surface area contributed by atoms with Gasteiger partial charge in [-0.2, -0.15) is 0 Å². The first-order valence-electron chi connectivity index (χ1n) is 7.90. The largest absolute Gasteiger partial charge is 0.383 e. The number of rotatable bonds is 8. The van der Waals surface area contributed by atoms with Gasteiger partial charge in [0.15, 0.2) is 0 Å². The average Bonchev–Trinajstić information content (AvgIpc) is 2.41. The maximum Gasteiger partial charge on any atom is 0.0615 e. The predicted molar refractivity (Wildman–Crippen MR) is 84.0 cm³/mol. The molecule has 2 atom stereocenters. The lowest BCUT2D eigenvalue weighted by molar-refractivity contribution is -0.0843. The topological polar surface area (TPSA) is 47.7 Å². The van der Waals surface area contributed by atoms with Gasteiger partial charge < -0.3 is 15.2 Å². The Morgan fingerprint density at radius 1 is 1.15 bits per heavy atom. The lowest BCUT2D eigenvalue weighted by Crippen LogP contribution is -2.67.